The fourth-order valence-electron chi connectivity index (χ4n) is 2.09. The number of methoxy groups -OCH3 is 1. The molecule has 0 aliphatic heterocycles. The van der Waals surface area contributed by atoms with Crippen LogP contribution in [0.4, 0.5) is 5.69 Å². The third-order valence-electron chi connectivity index (χ3n) is 3.49. The Morgan fingerprint density at radius 3 is 2.19 bits per heavy atom. The van der Waals surface area contributed by atoms with Crippen LogP contribution < -0.4 is 10.6 Å². The number of anilines is 1. The molecule has 0 aromatic heterocycles. The first-order valence-electron chi connectivity index (χ1n) is 8.02. The number of hydrogen-bond donors (Lipinski definition) is 2. The van der Waals surface area contributed by atoms with Crippen LogP contribution in [-0.2, 0) is 24.3 Å². The quantitative estimate of drug-likeness (QED) is 0.502. The Kier molecular flexibility index (Phi) is 8.62. The fraction of sp³-hybridized carbons (Fsp3) is 0.438. The fourth-order valence-corrected chi connectivity index (χ4v) is 3.78. The lowest BCUT2D eigenvalue weighted by atomic mass is 10.3. The predicted octanol–water partition coefficient (Wildman–Crippen LogP) is 1.48. The molecule has 1 aromatic carbocycles. The standard InChI is InChI=1S/C16H23N3O5S2/c1-4-19(5-2)26(22,23)13-8-6-12(7-9-13)17-16(25)18-14(20)10-11-15(21)24-3/h6-9H,4-5,10-11H2,1-3H3,(H2,17,18,20,25). The van der Waals surface area contributed by atoms with Gasteiger partial charge in [-0.3, -0.25) is 9.59 Å². The third-order valence-corrected chi connectivity index (χ3v) is 5.76. The van der Waals surface area contributed by atoms with Crippen molar-refractivity contribution in [3.63, 3.8) is 0 Å². The summed E-state index contributed by atoms with van der Waals surface area (Å²) in [6.45, 7) is 4.33. The smallest absolute Gasteiger partial charge is 0.306 e. The third kappa shape index (κ3) is 6.36. The molecule has 144 valence electrons. The molecule has 2 N–H and O–H groups in total. The number of amides is 1. The highest BCUT2D eigenvalue weighted by Crippen LogP contribution is 2.18. The van der Waals surface area contributed by atoms with E-state index in [0.717, 1.165) is 0 Å². The van der Waals surface area contributed by atoms with E-state index in [9.17, 15) is 18.0 Å². The maximum atomic E-state index is 12.4. The molecule has 0 aliphatic rings. The van der Waals surface area contributed by atoms with E-state index in [2.05, 4.69) is 15.4 Å². The van der Waals surface area contributed by atoms with Gasteiger partial charge in [0.25, 0.3) is 0 Å². The Balaban J connectivity index is 2.65. The summed E-state index contributed by atoms with van der Waals surface area (Å²) in [7, 11) is -2.28. The van der Waals surface area contributed by atoms with Crippen molar-refractivity contribution in [1.29, 1.82) is 0 Å². The zero-order chi connectivity index (χ0) is 19.7. The molecule has 0 atom stereocenters. The van der Waals surface area contributed by atoms with Crippen LogP contribution in [0.2, 0.25) is 0 Å². The van der Waals surface area contributed by atoms with Gasteiger partial charge in [0, 0.05) is 25.2 Å². The van der Waals surface area contributed by atoms with Gasteiger partial charge >= 0.3 is 5.97 Å². The van der Waals surface area contributed by atoms with Crippen molar-refractivity contribution in [2.45, 2.75) is 31.6 Å². The van der Waals surface area contributed by atoms with Crippen molar-refractivity contribution in [3.8, 4) is 0 Å². The minimum Gasteiger partial charge on any atom is -0.469 e. The molecule has 0 unspecified atom stereocenters. The van der Waals surface area contributed by atoms with Crippen LogP contribution in [0.25, 0.3) is 0 Å². The highest BCUT2D eigenvalue weighted by Gasteiger charge is 2.21. The average molecular weight is 402 g/mol. The van der Waals surface area contributed by atoms with Crippen molar-refractivity contribution in [1.82, 2.24) is 9.62 Å². The van der Waals surface area contributed by atoms with Gasteiger partial charge < -0.3 is 15.4 Å². The molecule has 1 aromatic rings. The van der Waals surface area contributed by atoms with Crippen molar-refractivity contribution in [2.24, 2.45) is 0 Å². The highest BCUT2D eigenvalue weighted by molar-refractivity contribution is 7.89. The zero-order valence-electron chi connectivity index (χ0n) is 14.9. The van der Waals surface area contributed by atoms with Gasteiger partial charge in [-0.25, -0.2) is 8.42 Å². The van der Waals surface area contributed by atoms with Crippen molar-refractivity contribution < 1.29 is 22.7 Å². The first kappa shape index (κ1) is 22.0. The minimum absolute atomic E-state index is 0.0388. The summed E-state index contributed by atoms with van der Waals surface area (Å²) < 4.78 is 30.6. The van der Waals surface area contributed by atoms with Gasteiger partial charge in [-0.2, -0.15) is 4.31 Å². The lowest BCUT2D eigenvalue weighted by Gasteiger charge is -2.18. The number of benzene rings is 1. The highest BCUT2D eigenvalue weighted by atomic mass is 32.2. The summed E-state index contributed by atoms with van der Waals surface area (Å²) in [5.74, 6) is -0.905. The molecule has 0 heterocycles. The molecule has 1 amide bonds. The lowest BCUT2D eigenvalue weighted by molar-refractivity contribution is -0.142. The molecule has 26 heavy (non-hydrogen) atoms. The van der Waals surface area contributed by atoms with Crippen LogP contribution in [0.1, 0.15) is 26.7 Å². The van der Waals surface area contributed by atoms with E-state index in [4.69, 9.17) is 12.2 Å². The van der Waals surface area contributed by atoms with Gasteiger partial charge in [0.2, 0.25) is 15.9 Å². The normalized spacial score (nSPS) is 11.1. The molecular formula is C16H23N3O5S2. The van der Waals surface area contributed by atoms with E-state index in [-0.39, 0.29) is 22.8 Å². The lowest BCUT2D eigenvalue weighted by Crippen LogP contribution is -2.34. The summed E-state index contributed by atoms with van der Waals surface area (Å²) in [4.78, 5) is 22.8. The molecule has 0 aliphatic carbocycles. The van der Waals surface area contributed by atoms with E-state index >= 15 is 0 Å². The number of hydrogen-bond acceptors (Lipinski definition) is 6. The number of ether oxygens (including phenoxy) is 1. The first-order chi connectivity index (χ1) is 12.2. The molecule has 0 radical (unpaired) electrons. The van der Waals surface area contributed by atoms with Gasteiger partial charge in [-0.05, 0) is 36.5 Å². The first-order valence-corrected chi connectivity index (χ1v) is 9.87. The van der Waals surface area contributed by atoms with E-state index < -0.39 is 21.9 Å². The summed E-state index contributed by atoms with van der Waals surface area (Å²) in [6, 6.07) is 6.06. The summed E-state index contributed by atoms with van der Waals surface area (Å²) >= 11 is 5.02. The maximum absolute atomic E-state index is 12.4. The Hall–Kier alpha value is -2.04. The van der Waals surface area contributed by atoms with E-state index in [1.54, 1.807) is 26.0 Å². The summed E-state index contributed by atoms with van der Waals surface area (Å²) in [6.07, 6.45) is -0.0849. The van der Waals surface area contributed by atoms with E-state index in [1.807, 2.05) is 0 Å². The average Bonchev–Trinajstić information content (AvgIpc) is 2.60. The summed E-state index contributed by atoms with van der Waals surface area (Å²) in [5, 5.41) is 5.28. The zero-order valence-corrected chi connectivity index (χ0v) is 16.6. The molecule has 0 bridgehead atoms. The molecule has 8 nitrogen and oxygen atoms in total. The molecule has 0 saturated carbocycles. The van der Waals surface area contributed by atoms with Gasteiger partial charge in [-0.15, -0.1) is 0 Å². The molecule has 0 saturated heterocycles. The second-order valence-electron chi connectivity index (χ2n) is 5.19. The number of sulfonamides is 1. The molecule has 0 spiro atoms. The number of nitrogens with one attached hydrogen (secondary N) is 2. The second-order valence-corrected chi connectivity index (χ2v) is 7.54. The van der Waals surface area contributed by atoms with Crippen LogP contribution in [0.5, 0.6) is 0 Å². The van der Waals surface area contributed by atoms with Crippen LogP contribution in [-0.4, -0.2) is 49.9 Å². The number of carbonyl (C=O) groups is 2. The second kappa shape index (κ2) is 10.2. The van der Waals surface area contributed by atoms with Crippen molar-refractivity contribution >= 4 is 44.9 Å². The van der Waals surface area contributed by atoms with Gasteiger partial charge in [-0.1, -0.05) is 13.8 Å². The monoisotopic (exact) mass is 401 g/mol. The Morgan fingerprint density at radius 1 is 1.12 bits per heavy atom. The number of esters is 1. The molecular weight excluding hydrogens is 378 g/mol. The number of thiocarbonyl (C=S) groups is 1. The van der Waals surface area contributed by atoms with Crippen LogP contribution in [0, 0.1) is 0 Å². The van der Waals surface area contributed by atoms with Gasteiger partial charge in [0.05, 0.1) is 18.4 Å². The molecule has 0 fully saturated rings. The summed E-state index contributed by atoms with van der Waals surface area (Å²) in [5.41, 5.74) is 0.529. The SMILES string of the molecule is CCN(CC)S(=O)(=O)c1ccc(NC(=S)NC(=O)CCC(=O)OC)cc1. The number of rotatable bonds is 8. The van der Waals surface area contributed by atoms with Crippen molar-refractivity contribution in [3.05, 3.63) is 24.3 Å². The molecule has 1 rings (SSSR count). The van der Waals surface area contributed by atoms with Crippen LogP contribution in [0.3, 0.4) is 0 Å². The Labute approximate surface area is 158 Å². The topological polar surface area (TPSA) is 105 Å². The molecule has 10 heteroatoms. The van der Waals surface area contributed by atoms with E-state index in [1.165, 1.54) is 23.5 Å². The Morgan fingerprint density at radius 2 is 1.69 bits per heavy atom. The van der Waals surface area contributed by atoms with Gasteiger partial charge in [0.15, 0.2) is 5.11 Å². The largest absolute Gasteiger partial charge is 0.469 e. The van der Waals surface area contributed by atoms with Crippen LogP contribution >= 0.6 is 12.2 Å². The van der Waals surface area contributed by atoms with Gasteiger partial charge in [0.1, 0.15) is 0 Å². The van der Waals surface area contributed by atoms with Crippen LogP contribution in [0.15, 0.2) is 29.2 Å². The maximum Gasteiger partial charge on any atom is 0.306 e. The minimum atomic E-state index is -3.52. The Bertz CT molecular complexity index is 744. The number of carbonyl (C=O) groups excluding carboxylic acids is 2. The number of nitrogens with zero attached hydrogens (tertiary/aromatic N) is 1. The predicted molar refractivity (Wildman–Crippen MR) is 102 cm³/mol. The van der Waals surface area contributed by atoms with E-state index in [0.29, 0.717) is 18.8 Å². The van der Waals surface area contributed by atoms with Crippen molar-refractivity contribution in [2.75, 3.05) is 25.5 Å².